The first kappa shape index (κ1) is 12.8. The number of hydrogen-bond donors (Lipinski definition) is 1. The third-order valence-corrected chi connectivity index (χ3v) is 4.15. The predicted octanol–water partition coefficient (Wildman–Crippen LogP) is 1.26. The Morgan fingerprint density at radius 2 is 2.18 bits per heavy atom. The molecule has 4 nitrogen and oxygen atoms in total. The molecule has 0 radical (unpaired) electrons. The highest BCUT2D eigenvalue weighted by Crippen LogP contribution is 2.19. The molecule has 0 spiro atoms. The van der Waals surface area contributed by atoms with Gasteiger partial charge in [-0.3, -0.25) is 4.90 Å². The molecule has 1 aromatic heterocycles. The van der Waals surface area contributed by atoms with Crippen LogP contribution in [0, 0.1) is 0 Å². The van der Waals surface area contributed by atoms with Gasteiger partial charge in [0, 0.05) is 50.3 Å². The average molecular weight is 254 g/mol. The Kier molecular flexibility index (Phi) is 4.76. The van der Waals surface area contributed by atoms with Gasteiger partial charge in [-0.2, -0.15) is 0 Å². The highest BCUT2D eigenvalue weighted by molar-refractivity contribution is 7.13. The van der Waals surface area contributed by atoms with Crippen LogP contribution in [0.1, 0.15) is 13.8 Å². The van der Waals surface area contributed by atoms with Crippen molar-refractivity contribution in [1.82, 2.24) is 15.2 Å². The van der Waals surface area contributed by atoms with E-state index in [-0.39, 0.29) is 0 Å². The number of anilines is 1. The molecule has 1 aliphatic heterocycles. The number of thiazole rings is 1. The normalized spacial score (nSPS) is 19.5. The van der Waals surface area contributed by atoms with E-state index in [4.69, 9.17) is 0 Å². The summed E-state index contributed by atoms with van der Waals surface area (Å²) < 4.78 is 0. The molecule has 17 heavy (non-hydrogen) atoms. The monoisotopic (exact) mass is 254 g/mol. The fourth-order valence-electron chi connectivity index (χ4n) is 2.21. The van der Waals surface area contributed by atoms with E-state index in [2.05, 4.69) is 39.3 Å². The summed E-state index contributed by atoms with van der Waals surface area (Å²) in [6.07, 6.45) is 1.89. The fraction of sp³-hybridized carbons (Fsp3) is 0.750. The van der Waals surface area contributed by atoms with Crippen LogP contribution in [-0.4, -0.2) is 55.2 Å². The Morgan fingerprint density at radius 3 is 2.76 bits per heavy atom. The van der Waals surface area contributed by atoms with Crippen molar-refractivity contribution in [3.8, 4) is 0 Å². The SMILES string of the molecule is CCNCC(C)N1CCN(c2nccs2)CC1. The number of nitrogens with one attached hydrogen (secondary N) is 1. The van der Waals surface area contributed by atoms with Gasteiger partial charge in [-0.15, -0.1) is 11.3 Å². The fourth-order valence-corrected chi connectivity index (χ4v) is 2.91. The lowest BCUT2D eigenvalue weighted by Gasteiger charge is -2.38. The van der Waals surface area contributed by atoms with Gasteiger partial charge in [0.1, 0.15) is 0 Å². The lowest BCUT2D eigenvalue weighted by molar-refractivity contribution is 0.194. The summed E-state index contributed by atoms with van der Waals surface area (Å²) in [7, 11) is 0. The van der Waals surface area contributed by atoms with Crippen LogP contribution >= 0.6 is 11.3 Å². The van der Waals surface area contributed by atoms with Crippen LogP contribution in [0.3, 0.4) is 0 Å². The summed E-state index contributed by atoms with van der Waals surface area (Å²) in [6.45, 7) is 11.1. The largest absolute Gasteiger partial charge is 0.346 e. The van der Waals surface area contributed by atoms with Gasteiger partial charge in [0.15, 0.2) is 5.13 Å². The molecule has 1 aromatic rings. The second-order valence-corrected chi connectivity index (χ2v) is 5.37. The summed E-state index contributed by atoms with van der Waals surface area (Å²) >= 11 is 1.74. The maximum absolute atomic E-state index is 4.37. The van der Waals surface area contributed by atoms with E-state index in [0.717, 1.165) is 39.3 Å². The van der Waals surface area contributed by atoms with Crippen LogP contribution in [0.15, 0.2) is 11.6 Å². The molecule has 1 saturated heterocycles. The molecule has 1 N–H and O–H groups in total. The molecule has 1 fully saturated rings. The number of hydrogen-bond acceptors (Lipinski definition) is 5. The van der Waals surface area contributed by atoms with Gasteiger partial charge in [-0.05, 0) is 13.5 Å². The van der Waals surface area contributed by atoms with Gasteiger partial charge >= 0.3 is 0 Å². The first-order valence-electron chi connectivity index (χ1n) is 6.40. The smallest absolute Gasteiger partial charge is 0.185 e. The Morgan fingerprint density at radius 1 is 1.41 bits per heavy atom. The van der Waals surface area contributed by atoms with E-state index >= 15 is 0 Å². The zero-order valence-corrected chi connectivity index (χ0v) is 11.5. The van der Waals surface area contributed by atoms with Crippen molar-refractivity contribution < 1.29 is 0 Å². The van der Waals surface area contributed by atoms with E-state index in [1.54, 1.807) is 11.3 Å². The molecular weight excluding hydrogens is 232 g/mol. The van der Waals surface area contributed by atoms with Crippen LogP contribution in [0.4, 0.5) is 5.13 Å². The van der Waals surface area contributed by atoms with Crippen LogP contribution in [0.25, 0.3) is 0 Å². The molecule has 0 aliphatic carbocycles. The van der Waals surface area contributed by atoms with Gasteiger partial charge in [-0.1, -0.05) is 6.92 Å². The Bertz CT molecular complexity index is 306. The quantitative estimate of drug-likeness (QED) is 0.857. The number of nitrogens with zero attached hydrogens (tertiary/aromatic N) is 3. The highest BCUT2D eigenvalue weighted by atomic mass is 32.1. The minimum atomic E-state index is 0.633. The molecule has 2 heterocycles. The molecule has 1 aliphatic rings. The molecule has 0 bridgehead atoms. The zero-order valence-electron chi connectivity index (χ0n) is 10.7. The zero-order chi connectivity index (χ0) is 12.1. The maximum Gasteiger partial charge on any atom is 0.185 e. The summed E-state index contributed by atoms with van der Waals surface area (Å²) in [5.41, 5.74) is 0. The molecule has 0 amide bonds. The van der Waals surface area contributed by atoms with Crippen molar-refractivity contribution >= 4 is 16.5 Å². The summed E-state index contributed by atoms with van der Waals surface area (Å²) in [5.74, 6) is 0. The number of rotatable bonds is 5. The van der Waals surface area contributed by atoms with Crippen molar-refractivity contribution in [2.45, 2.75) is 19.9 Å². The number of likely N-dealkylation sites (N-methyl/N-ethyl adjacent to an activating group) is 1. The van der Waals surface area contributed by atoms with Crippen LogP contribution in [0.5, 0.6) is 0 Å². The van der Waals surface area contributed by atoms with Gasteiger partial charge in [0.05, 0.1) is 0 Å². The molecule has 0 aromatic carbocycles. The van der Waals surface area contributed by atoms with Gasteiger partial charge in [-0.25, -0.2) is 4.98 Å². The van der Waals surface area contributed by atoms with E-state index in [1.165, 1.54) is 5.13 Å². The van der Waals surface area contributed by atoms with Gasteiger partial charge < -0.3 is 10.2 Å². The summed E-state index contributed by atoms with van der Waals surface area (Å²) in [6, 6.07) is 0.633. The van der Waals surface area contributed by atoms with Crippen LogP contribution in [0.2, 0.25) is 0 Å². The van der Waals surface area contributed by atoms with Crippen molar-refractivity contribution in [1.29, 1.82) is 0 Å². The number of aromatic nitrogens is 1. The minimum Gasteiger partial charge on any atom is -0.346 e. The van der Waals surface area contributed by atoms with Gasteiger partial charge in [0.2, 0.25) is 0 Å². The van der Waals surface area contributed by atoms with Crippen molar-refractivity contribution in [2.75, 3.05) is 44.2 Å². The van der Waals surface area contributed by atoms with Crippen LogP contribution < -0.4 is 10.2 Å². The van der Waals surface area contributed by atoms with Crippen LogP contribution in [-0.2, 0) is 0 Å². The lowest BCUT2D eigenvalue weighted by atomic mass is 10.2. The summed E-state index contributed by atoms with van der Waals surface area (Å²) in [5, 5.41) is 6.64. The lowest BCUT2D eigenvalue weighted by Crippen LogP contribution is -2.52. The van der Waals surface area contributed by atoms with E-state index in [0.29, 0.717) is 6.04 Å². The number of piperazine rings is 1. The maximum atomic E-state index is 4.37. The molecule has 0 saturated carbocycles. The molecule has 1 atom stereocenters. The second kappa shape index (κ2) is 6.33. The highest BCUT2D eigenvalue weighted by Gasteiger charge is 2.21. The van der Waals surface area contributed by atoms with E-state index < -0.39 is 0 Å². The Balaban J connectivity index is 1.78. The van der Waals surface area contributed by atoms with Crippen molar-refractivity contribution in [3.63, 3.8) is 0 Å². The molecule has 1 unspecified atom stereocenters. The Hall–Kier alpha value is -0.650. The van der Waals surface area contributed by atoms with E-state index in [1.807, 2.05) is 6.20 Å². The molecule has 96 valence electrons. The molecular formula is C12H22N4S. The first-order chi connectivity index (χ1) is 8.31. The second-order valence-electron chi connectivity index (χ2n) is 4.49. The van der Waals surface area contributed by atoms with E-state index in [9.17, 15) is 0 Å². The Labute approximate surface area is 108 Å². The third-order valence-electron chi connectivity index (χ3n) is 3.32. The van der Waals surface area contributed by atoms with Crippen molar-refractivity contribution in [2.24, 2.45) is 0 Å². The molecule has 2 rings (SSSR count). The predicted molar refractivity (Wildman–Crippen MR) is 73.9 cm³/mol. The molecule has 5 heteroatoms. The topological polar surface area (TPSA) is 31.4 Å². The first-order valence-corrected chi connectivity index (χ1v) is 7.28. The third kappa shape index (κ3) is 3.40. The minimum absolute atomic E-state index is 0.633. The van der Waals surface area contributed by atoms with Crippen molar-refractivity contribution in [3.05, 3.63) is 11.6 Å². The standard InChI is InChI=1S/C12H22N4S/c1-3-13-10-11(2)15-5-7-16(8-6-15)12-14-4-9-17-12/h4,9,11,13H,3,5-8,10H2,1-2H3. The summed E-state index contributed by atoms with van der Waals surface area (Å²) in [4.78, 5) is 9.33. The van der Waals surface area contributed by atoms with Gasteiger partial charge in [0.25, 0.3) is 0 Å². The average Bonchev–Trinajstić information content (AvgIpc) is 2.90.